The molecule has 9 nitrogen and oxygen atoms in total. The van der Waals surface area contributed by atoms with Crippen LogP contribution in [0.15, 0.2) is 28.8 Å². The van der Waals surface area contributed by atoms with Crippen LogP contribution in [0.3, 0.4) is 0 Å². The van der Waals surface area contributed by atoms with Gasteiger partial charge in [0.1, 0.15) is 12.4 Å². The van der Waals surface area contributed by atoms with Gasteiger partial charge in [-0.3, -0.25) is 14.3 Å². The van der Waals surface area contributed by atoms with Gasteiger partial charge in [0.05, 0.1) is 9.26 Å². The van der Waals surface area contributed by atoms with Gasteiger partial charge < -0.3 is 15.2 Å². The smallest absolute Gasteiger partial charge is 0.316 e. The third-order valence-electron chi connectivity index (χ3n) is 4.04. The van der Waals surface area contributed by atoms with Crippen molar-refractivity contribution in [3.63, 3.8) is 0 Å². The molecule has 0 aliphatic rings. The number of hydrogen-bond acceptors (Lipinski definition) is 6. The lowest BCUT2D eigenvalue weighted by atomic mass is 10.2. The first-order chi connectivity index (χ1) is 13.8. The average Bonchev–Trinajstić information content (AvgIpc) is 3.28. The molecule has 3 aromatic rings. The number of amides is 2. The fourth-order valence-electron chi connectivity index (χ4n) is 2.51. The molecule has 0 bridgehead atoms. The number of nitrogens with one attached hydrogen (secondary N) is 2. The van der Waals surface area contributed by atoms with Gasteiger partial charge in [-0.05, 0) is 60.7 Å². The fourth-order valence-corrected chi connectivity index (χ4v) is 2.89. The summed E-state index contributed by atoms with van der Waals surface area (Å²) in [6, 6.07) is 5.50. The molecule has 29 heavy (non-hydrogen) atoms. The molecule has 2 N–H and O–H groups in total. The molecule has 0 saturated heterocycles. The molecule has 0 spiro atoms. The topological polar surface area (TPSA) is 115 Å². The minimum absolute atomic E-state index is 0.105. The molecule has 2 heterocycles. The Morgan fingerprint density at radius 1 is 1.17 bits per heavy atom. The predicted molar refractivity (Wildman–Crippen MR) is 109 cm³/mol. The Hall–Kier alpha value is -2.83. The van der Waals surface area contributed by atoms with Crippen molar-refractivity contribution < 1.29 is 18.5 Å². The molecular formula is C18H18FIN6O3. The average molecular weight is 512 g/mol. The highest BCUT2D eigenvalue weighted by molar-refractivity contribution is 14.1. The normalized spacial score (nSPS) is 10.8. The number of rotatable bonds is 7. The van der Waals surface area contributed by atoms with Crippen LogP contribution >= 0.6 is 22.6 Å². The van der Waals surface area contributed by atoms with Gasteiger partial charge in [-0.15, -0.1) is 0 Å². The molecule has 2 amide bonds. The minimum Gasteiger partial charge on any atom is -0.353 e. The zero-order valence-electron chi connectivity index (χ0n) is 15.7. The maximum atomic E-state index is 13.0. The number of aromatic nitrogens is 4. The number of halogens is 2. The van der Waals surface area contributed by atoms with E-state index in [1.54, 1.807) is 4.68 Å². The Balaban J connectivity index is 1.44. The van der Waals surface area contributed by atoms with Crippen LogP contribution in [0, 0.1) is 23.2 Å². The summed E-state index contributed by atoms with van der Waals surface area (Å²) in [5.41, 5.74) is 2.34. The van der Waals surface area contributed by atoms with Crippen LogP contribution in [0.25, 0.3) is 11.4 Å². The first-order valence-electron chi connectivity index (χ1n) is 8.69. The Labute approximate surface area is 179 Å². The van der Waals surface area contributed by atoms with Crippen molar-refractivity contribution in [2.45, 2.75) is 20.4 Å². The van der Waals surface area contributed by atoms with E-state index in [2.05, 4.69) is 48.5 Å². The van der Waals surface area contributed by atoms with Gasteiger partial charge in [-0.1, -0.05) is 5.16 Å². The summed E-state index contributed by atoms with van der Waals surface area (Å²) in [6.45, 7) is 4.32. The molecule has 0 radical (unpaired) electrons. The highest BCUT2D eigenvalue weighted by Gasteiger charge is 2.16. The summed E-state index contributed by atoms with van der Waals surface area (Å²) in [7, 11) is 0. The number of carbonyl (C=O) groups excluding carboxylic acids is 2. The molecule has 0 atom stereocenters. The lowest BCUT2D eigenvalue weighted by molar-refractivity contribution is -0.121. The van der Waals surface area contributed by atoms with Crippen molar-refractivity contribution in [2.75, 3.05) is 13.1 Å². The zero-order chi connectivity index (χ0) is 21.0. The minimum atomic E-state index is -0.562. The number of aryl methyl sites for hydroxylation is 1. The molecule has 152 valence electrons. The molecule has 0 saturated carbocycles. The molecule has 0 aliphatic heterocycles. The highest BCUT2D eigenvalue weighted by atomic mass is 127. The van der Waals surface area contributed by atoms with Crippen LogP contribution in [0.1, 0.15) is 22.1 Å². The summed E-state index contributed by atoms with van der Waals surface area (Å²) >= 11 is 2.19. The number of nitrogens with zero attached hydrogens (tertiary/aromatic N) is 4. The maximum absolute atomic E-state index is 13.0. The van der Waals surface area contributed by atoms with E-state index < -0.39 is 5.91 Å². The largest absolute Gasteiger partial charge is 0.353 e. The van der Waals surface area contributed by atoms with Gasteiger partial charge in [0.15, 0.2) is 0 Å². The van der Waals surface area contributed by atoms with Crippen molar-refractivity contribution in [3.05, 3.63) is 50.9 Å². The van der Waals surface area contributed by atoms with Crippen LogP contribution in [-0.2, 0) is 11.3 Å². The molecule has 0 aliphatic carbocycles. The van der Waals surface area contributed by atoms with Gasteiger partial charge >= 0.3 is 11.8 Å². The number of hydrogen-bond donors (Lipinski definition) is 2. The van der Waals surface area contributed by atoms with E-state index in [4.69, 9.17) is 4.52 Å². The second-order valence-electron chi connectivity index (χ2n) is 6.18. The molecular weight excluding hydrogens is 494 g/mol. The summed E-state index contributed by atoms with van der Waals surface area (Å²) in [5, 5.41) is 13.3. The fraction of sp³-hybridized carbons (Fsp3) is 0.278. The van der Waals surface area contributed by atoms with Gasteiger partial charge in [0, 0.05) is 24.3 Å². The number of carbonyl (C=O) groups is 2. The van der Waals surface area contributed by atoms with E-state index in [9.17, 15) is 14.0 Å². The lowest BCUT2D eigenvalue weighted by Gasteiger charge is -2.07. The second kappa shape index (κ2) is 9.11. The molecule has 0 unspecified atom stereocenters. The van der Waals surface area contributed by atoms with Crippen molar-refractivity contribution in [1.82, 2.24) is 30.6 Å². The zero-order valence-corrected chi connectivity index (χ0v) is 17.9. The van der Waals surface area contributed by atoms with Gasteiger partial charge in [0.25, 0.3) is 0 Å². The second-order valence-corrected chi connectivity index (χ2v) is 7.26. The van der Waals surface area contributed by atoms with Gasteiger partial charge in [-0.2, -0.15) is 10.1 Å². The number of benzene rings is 1. The van der Waals surface area contributed by atoms with E-state index in [1.165, 1.54) is 24.3 Å². The van der Waals surface area contributed by atoms with Crippen LogP contribution in [-0.4, -0.2) is 44.8 Å². The molecule has 3 rings (SSSR count). The third kappa shape index (κ3) is 5.16. The van der Waals surface area contributed by atoms with Gasteiger partial charge in [-0.25, -0.2) is 4.39 Å². The van der Waals surface area contributed by atoms with Crippen LogP contribution in [0.5, 0.6) is 0 Å². The van der Waals surface area contributed by atoms with Gasteiger partial charge in [0.2, 0.25) is 11.7 Å². The maximum Gasteiger partial charge on any atom is 0.316 e. The van der Waals surface area contributed by atoms with Crippen LogP contribution < -0.4 is 10.6 Å². The van der Waals surface area contributed by atoms with E-state index in [-0.39, 0.29) is 43.1 Å². The SMILES string of the molecule is Cc1nn(CC(=O)NCCNC(=O)c2nc(-c3ccc(F)cc3)no2)c(C)c1I. The monoisotopic (exact) mass is 512 g/mol. The van der Waals surface area contributed by atoms with Crippen molar-refractivity contribution in [1.29, 1.82) is 0 Å². The first-order valence-corrected chi connectivity index (χ1v) is 9.77. The quantitative estimate of drug-likeness (QED) is 0.369. The van der Waals surface area contributed by atoms with E-state index in [0.717, 1.165) is 15.0 Å². The molecule has 11 heteroatoms. The highest BCUT2D eigenvalue weighted by Crippen LogP contribution is 2.16. The Kier molecular flexibility index (Phi) is 6.56. The van der Waals surface area contributed by atoms with E-state index >= 15 is 0 Å². The standard InChI is InChI=1S/C18H18FIN6O3/c1-10-15(20)11(2)26(24-10)9-14(27)21-7-8-22-17(28)18-23-16(25-29-18)12-3-5-13(19)6-4-12/h3-6H,7-9H2,1-2H3,(H,21,27)(H,22,28). The molecule has 1 aromatic carbocycles. The summed E-state index contributed by atoms with van der Waals surface area (Å²) in [5.74, 6) is -1.19. The van der Waals surface area contributed by atoms with Crippen LogP contribution in [0.2, 0.25) is 0 Å². The predicted octanol–water partition coefficient (Wildman–Crippen LogP) is 1.84. The Morgan fingerprint density at radius 3 is 2.52 bits per heavy atom. The Bertz CT molecular complexity index is 1030. The third-order valence-corrected chi connectivity index (χ3v) is 5.60. The molecule has 0 fully saturated rings. The molecule has 2 aromatic heterocycles. The van der Waals surface area contributed by atoms with Crippen molar-refractivity contribution in [2.24, 2.45) is 0 Å². The summed E-state index contributed by atoms with van der Waals surface area (Å²) < 4.78 is 20.6. The summed E-state index contributed by atoms with van der Waals surface area (Å²) in [4.78, 5) is 28.1. The van der Waals surface area contributed by atoms with E-state index in [0.29, 0.717) is 5.56 Å². The first kappa shape index (κ1) is 20.9. The van der Waals surface area contributed by atoms with Crippen molar-refractivity contribution >= 4 is 34.4 Å². The lowest BCUT2D eigenvalue weighted by Crippen LogP contribution is -2.36. The van der Waals surface area contributed by atoms with Crippen LogP contribution in [0.4, 0.5) is 4.39 Å². The van der Waals surface area contributed by atoms with Crippen molar-refractivity contribution in [3.8, 4) is 11.4 Å². The summed E-state index contributed by atoms with van der Waals surface area (Å²) in [6.07, 6.45) is 0. The van der Waals surface area contributed by atoms with E-state index in [1.807, 2.05) is 13.8 Å². The Morgan fingerprint density at radius 2 is 1.86 bits per heavy atom.